The Kier molecular flexibility index (Phi) is 5.91. The molecule has 1 fully saturated rings. The minimum Gasteiger partial charge on any atom is -0.495 e. The van der Waals surface area contributed by atoms with Gasteiger partial charge in [-0.2, -0.15) is 0 Å². The maximum Gasteiger partial charge on any atom is 0.322 e. The first-order valence-electron chi connectivity index (χ1n) is 7.61. The summed E-state index contributed by atoms with van der Waals surface area (Å²) in [6.07, 6.45) is 0. The molecule has 0 radical (unpaired) electrons. The maximum atomic E-state index is 12.4. The second-order valence-corrected chi connectivity index (χ2v) is 6.39. The number of nitrogens with zero attached hydrogens (tertiary/aromatic N) is 2. The Labute approximate surface area is 137 Å². The van der Waals surface area contributed by atoms with Gasteiger partial charge in [-0.3, -0.25) is 4.90 Å². The van der Waals surface area contributed by atoms with Crippen LogP contribution in [-0.4, -0.2) is 55.7 Å². The van der Waals surface area contributed by atoms with Crippen LogP contribution in [0.15, 0.2) is 18.2 Å². The highest BCUT2D eigenvalue weighted by Crippen LogP contribution is 2.28. The Balaban J connectivity index is 1.92. The van der Waals surface area contributed by atoms with Gasteiger partial charge in [-0.25, -0.2) is 4.79 Å². The van der Waals surface area contributed by atoms with Crippen LogP contribution in [-0.2, 0) is 0 Å². The summed E-state index contributed by atoms with van der Waals surface area (Å²) in [5, 5.41) is 3.45. The highest BCUT2D eigenvalue weighted by atomic mass is 35.5. The molecular weight excluding hydrogens is 302 g/mol. The van der Waals surface area contributed by atoms with E-state index in [-0.39, 0.29) is 6.03 Å². The highest BCUT2D eigenvalue weighted by molar-refractivity contribution is 6.31. The third kappa shape index (κ3) is 4.52. The van der Waals surface area contributed by atoms with Gasteiger partial charge >= 0.3 is 6.03 Å². The van der Waals surface area contributed by atoms with Crippen LogP contribution in [0.3, 0.4) is 0 Å². The zero-order chi connectivity index (χ0) is 16.1. The van der Waals surface area contributed by atoms with Crippen LogP contribution in [0.4, 0.5) is 10.5 Å². The second kappa shape index (κ2) is 7.70. The van der Waals surface area contributed by atoms with E-state index >= 15 is 0 Å². The second-order valence-electron chi connectivity index (χ2n) is 5.96. The van der Waals surface area contributed by atoms with Crippen LogP contribution in [0, 0.1) is 5.92 Å². The molecule has 0 aromatic heterocycles. The number of carbonyl (C=O) groups is 1. The number of nitrogens with one attached hydrogen (secondary N) is 1. The molecule has 122 valence electrons. The van der Waals surface area contributed by atoms with Gasteiger partial charge in [0.25, 0.3) is 0 Å². The van der Waals surface area contributed by atoms with E-state index in [0.29, 0.717) is 22.4 Å². The van der Waals surface area contributed by atoms with Gasteiger partial charge in [-0.15, -0.1) is 0 Å². The monoisotopic (exact) mass is 325 g/mol. The Bertz CT molecular complexity index is 514. The number of carbonyl (C=O) groups excluding carboxylic acids is 1. The molecule has 1 aromatic carbocycles. The summed E-state index contributed by atoms with van der Waals surface area (Å²) >= 11 is 5.98. The van der Waals surface area contributed by atoms with E-state index < -0.39 is 0 Å². The number of methoxy groups -OCH3 is 1. The largest absolute Gasteiger partial charge is 0.495 e. The lowest BCUT2D eigenvalue weighted by atomic mass is 10.2. The Hall–Kier alpha value is -1.46. The number of hydrogen-bond donors (Lipinski definition) is 1. The van der Waals surface area contributed by atoms with Gasteiger partial charge in [0.2, 0.25) is 0 Å². The van der Waals surface area contributed by atoms with E-state index in [2.05, 4.69) is 24.1 Å². The SMILES string of the molecule is COc1ccc(Cl)cc1NC(=O)N1CCN(CC(C)C)CC1. The smallest absolute Gasteiger partial charge is 0.322 e. The summed E-state index contributed by atoms with van der Waals surface area (Å²) < 4.78 is 5.25. The number of halogens is 1. The van der Waals surface area contributed by atoms with Crippen molar-refractivity contribution < 1.29 is 9.53 Å². The first-order valence-corrected chi connectivity index (χ1v) is 7.99. The molecular formula is C16H24ClN3O2. The van der Waals surface area contributed by atoms with Crippen LogP contribution in [0.2, 0.25) is 5.02 Å². The van der Waals surface area contributed by atoms with Gasteiger partial charge in [-0.1, -0.05) is 25.4 Å². The third-order valence-corrected chi connectivity index (χ3v) is 3.92. The molecule has 1 saturated heterocycles. The lowest BCUT2D eigenvalue weighted by molar-refractivity contribution is 0.138. The predicted octanol–water partition coefficient (Wildman–Crippen LogP) is 3.15. The molecule has 1 N–H and O–H groups in total. The molecule has 0 spiro atoms. The Morgan fingerprint density at radius 1 is 1.32 bits per heavy atom. The van der Waals surface area contributed by atoms with E-state index in [4.69, 9.17) is 16.3 Å². The summed E-state index contributed by atoms with van der Waals surface area (Å²) in [5.41, 5.74) is 0.601. The lowest BCUT2D eigenvalue weighted by Crippen LogP contribution is -2.50. The fourth-order valence-corrected chi connectivity index (χ4v) is 2.79. The molecule has 1 aromatic rings. The van der Waals surface area contributed by atoms with E-state index in [1.165, 1.54) is 0 Å². The zero-order valence-electron chi connectivity index (χ0n) is 13.4. The summed E-state index contributed by atoms with van der Waals surface area (Å²) in [7, 11) is 1.57. The number of rotatable bonds is 4. The molecule has 0 saturated carbocycles. The van der Waals surface area contributed by atoms with Crippen molar-refractivity contribution in [2.24, 2.45) is 5.92 Å². The Morgan fingerprint density at radius 2 is 2.00 bits per heavy atom. The quantitative estimate of drug-likeness (QED) is 0.925. The summed E-state index contributed by atoms with van der Waals surface area (Å²) in [4.78, 5) is 16.6. The van der Waals surface area contributed by atoms with Crippen LogP contribution < -0.4 is 10.1 Å². The number of hydrogen-bond acceptors (Lipinski definition) is 3. The van der Waals surface area contributed by atoms with Crippen molar-refractivity contribution in [3.05, 3.63) is 23.2 Å². The molecule has 22 heavy (non-hydrogen) atoms. The summed E-state index contributed by atoms with van der Waals surface area (Å²) in [6.45, 7) is 8.81. The molecule has 6 heteroatoms. The van der Waals surface area contributed by atoms with Crippen molar-refractivity contribution >= 4 is 23.3 Å². The molecule has 5 nitrogen and oxygen atoms in total. The first kappa shape index (κ1) is 16.9. The van der Waals surface area contributed by atoms with Crippen molar-refractivity contribution in [2.45, 2.75) is 13.8 Å². The Morgan fingerprint density at radius 3 is 2.59 bits per heavy atom. The number of ether oxygens (including phenoxy) is 1. The topological polar surface area (TPSA) is 44.8 Å². The van der Waals surface area contributed by atoms with Crippen LogP contribution in [0.25, 0.3) is 0 Å². The van der Waals surface area contributed by atoms with Crippen molar-refractivity contribution in [1.82, 2.24) is 9.80 Å². The molecule has 2 amide bonds. The maximum absolute atomic E-state index is 12.4. The minimum absolute atomic E-state index is 0.107. The van der Waals surface area contributed by atoms with Crippen LogP contribution in [0.5, 0.6) is 5.75 Å². The number of benzene rings is 1. The van der Waals surface area contributed by atoms with Gasteiger partial charge in [0, 0.05) is 37.7 Å². The molecule has 1 aliphatic heterocycles. The van der Waals surface area contributed by atoms with Gasteiger partial charge in [0.05, 0.1) is 12.8 Å². The fourth-order valence-electron chi connectivity index (χ4n) is 2.62. The third-order valence-electron chi connectivity index (χ3n) is 3.69. The standard InChI is InChI=1S/C16H24ClN3O2/c1-12(2)11-19-6-8-20(9-7-19)16(21)18-14-10-13(17)4-5-15(14)22-3/h4-5,10,12H,6-9,11H2,1-3H3,(H,18,21). The summed E-state index contributed by atoms with van der Waals surface area (Å²) in [5.74, 6) is 1.26. The average molecular weight is 326 g/mol. The van der Waals surface area contributed by atoms with Gasteiger partial charge in [-0.05, 0) is 24.1 Å². The van der Waals surface area contributed by atoms with Gasteiger partial charge in [0.15, 0.2) is 0 Å². The van der Waals surface area contributed by atoms with Gasteiger partial charge in [0.1, 0.15) is 5.75 Å². The van der Waals surface area contributed by atoms with E-state index in [0.717, 1.165) is 32.7 Å². The zero-order valence-corrected chi connectivity index (χ0v) is 14.2. The minimum atomic E-state index is -0.107. The van der Waals surface area contributed by atoms with Crippen molar-refractivity contribution in [1.29, 1.82) is 0 Å². The van der Waals surface area contributed by atoms with E-state index in [1.807, 2.05) is 4.90 Å². The predicted molar refractivity (Wildman–Crippen MR) is 89.9 cm³/mol. The van der Waals surface area contributed by atoms with E-state index in [9.17, 15) is 4.79 Å². The van der Waals surface area contributed by atoms with Gasteiger partial charge < -0.3 is 15.0 Å². The molecule has 2 rings (SSSR count). The normalized spacial score (nSPS) is 16.0. The molecule has 1 aliphatic rings. The number of urea groups is 1. The fraction of sp³-hybridized carbons (Fsp3) is 0.562. The molecule has 0 aliphatic carbocycles. The molecule has 0 atom stereocenters. The van der Waals surface area contributed by atoms with Crippen molar-refractivity contribution in [3.8, 4) is 5.75 Å². The van der Waals surface area contributed by atoms with Crippen molar-refractivity contribution in [3.63, 3.8) is 0 Å². The first-order chi connectivity index (χ1) is 10.5. The van der Waals surface area contributed by atoms with Crippen molar-refractivity contribution in [2.75, 3.05) is 45.2 Å². The van der Waals surface area contributed by atoms with Crippen LogP contribution in [0.1, 0.15) is 13.8 Å². The number of piperazine rings is 1. The number of anilines is 1. The van der Waals surface area contributed by atoms with Crippen LogP contribution >= 0.6 is 11.6 Å². The lowest BCUT2D eigenvalue weighted by Gasteiger charge is -2.35. The van der Waals surface area contributed by atoms with E-state index in [1.54, 1.807) is 25.3 Å². The summed E-state index contributed by atoms with van der Waals surface area (Å²) in [6, 6.07) is 5.08. The highest BCUT2D eigenvalue weighted by Gasteiger charge is 2.22. The average Bonchev–Trinajstić information content (AvgIpc) is 2.47. The molecule has 1 heterocycles. The molecule has 0 bridgehead atoms. The molecule has 0 unspecified atom stereocenters. The number of amides is 2.